The monoisotopic (exact) mass is 283 g/mol. The van der Waals surface area contributed by atoms with Crippen LogP contribution in [0.25, 0.3) is 0 Å². The van der Waals surface area contributed by atoms with Gasteiger partial charge in [-0.2, -0.15) is 0 Å². The molecular weight excluding hydrogens is 273 g/mol. The summed E-state index contributed by atoms with van der Waals surface area (Å²) in [5.41, 5.74) is 0. The molecule has 0 bridgehead atoms. The summed E-state index contributed by atoms with van der Waals surface area (Å²) in [6.45, 7) is 4.68. The number of anilines is 1. The highest BCUT2D eigenvalue weighted by molar-refractivity contribution is 7.94. The molecule has 1 aromatic heterocycles. The number of aromatic nitrogens is 2. The smallest absolute Gasteiger partial charge is 0.238 e. The topological polar surface area (TPSA) is 72.0 Å². The van der Waals surface area contributed by atoms with Gasteiger partial charge in [-0.15, -0.1) is 0 Å². The summed E-state index contributed by atoms with van der Waals surface area (Å²) >= 11 is 11.4. The van der Waals surface area contributed by atoms with Gasteiger partial charge in [0.05, 0.1) is 4.75 Å². The molecule has 0 saturated carbocycles. The molecular formula is C8H11Cl2N3O2S. The zero-order valence-electron chi connectivity index (χ0n) is 8.95. The number of sulfonamides is 1. The maximum absolute atomic E-state index is 11.8. The van der Waals surface area contributed by atoms with Crippen LogP contribution in [0.1, 0.15) is 20.8 Å². The lowest BCUT2D eigenvalue weighted by molar-refractivity contribution is 0.566. The van der Waals surface area contributed by atoms with Gasteiger partial charge < -0.3 is 0 Å². The molecule has 0 aromatic carbocycles. The Morgan fingerprint density at radius 2 is 1.81 bits per heavy atom. The van der Waals surface area contributed by atoms with E-state index >= 15 is 0 Å². The summed E-state index contributed by atoms with van der Waals surface area (Å²) in [5, 5.41) is -0.0136. The molecule has 0 saturated heterocycles. The quantitative estimate of drug-likeness (QED) is 0.846. The van der Waals surface area contributed by atoms with E-state index in [1.165, 1.54) is 0 Å². The van der Waals surface area contributed by atoms with Gasteiger partial charge in [0.2, 0.25) is 10.0 Å². The summed E-state index contributed by atoms with van der Waals surface area (Å²) in [7, 11) is -3.57. The van der Waals surface area contributed by atoms with Crippen LogP contribution in [0, 0.1) is 0 Å². The zero-order valence-corrected chi connectivity index (χ0v) is 11.3. The van der Waals surface area contributed by atoms with Gasteiger partial charge in [0, 0.05) is 0 Å². The summed E-state index contributed by atoms with van der Waals surface area (Å²) in [6.07, 6.45) is 1.13. The zero-order chi connectivity index (χ0) is 12.6. The largest absolute Gasteiger partial charge is 0.266 e. The standard InChI is InChI=1S/C8H11Cl2N3O2S/c1-8(2,3)16(14,15)13-7-5(9)6(10)11-4-12-7/h4H,1-3H3,(H,11,12,13). The second-order valence-corrected chi connectivity index (χ2v) is 7.22. The molecule has 90 valence electrons. The number of nitrogens with zero attached hydrogens (tertiary/aromatic N) is 2. The van der Waals surface area contributed by atoms with Crippen molar-refractivity contribution in [2.45, 2.75) is 25.5 Å². The van der Waals surface area contributed by atoms with Crippen molar-refractivity contribution in [1.29, 1.82) is 0 Å². The fourth-order valence-electron chi connectivity index (χ4n) is 0.700. The van der Waals surface area contributed by atoms with E-state index < -0.39 is 14.8 Å². The second-order valence-electron chi connectivity index (χ2n) is 4.04. The van der Waals surface area contributed by atoms with Crippen LogP contribution in [0.4, 0.5) is 5.82 Å². The van der Waals surface area contributed by atoms with Crippen molar-refractivity contribution in [3.8, 4) is 0 Å². The van der Waals surface area contributed by atoms with Crippen molar-refractivity contribution < 1.29 is 8.42 Å². The lowest BCUT2D eigenvalue weighted by Gasteiger charge is -2.20. The molecule has 0 aliphatic heterocycles. The Bertz CT molecular complexity index is 496. The fourth-order valence-corrected chi connectivity index (χ4v) is 1.75. The first-order chi connectivity index (χ1) is 7.15. The third kappa shape index (κ3) is 2.75. The second kappa shape index (κ2) is 4.35. The average Bonchev–Trinajstić information content (AvgIpc) is 2.11. The first-order valence-corrected chi connectivity index (χ1v) is 6.57. The molecule has 0 atom stereocenters. The summed E-state index contributed by atoms with van der Waals surface area (Å²) in [4.78, 5) is 7.34. The molecule has 1 aromatic rings. The molecule has 0 aliphatic carbocycles. The van der Waals surface area contributed by atoms with Gasteiger partial charge >= 0.3 is 0 Å². The van der Waals surface area contributed by atoms with Gasteiger partial charge in [-0.05, 0) is 20.8 Å². The molecule has 8 heteroatoms. The minimum atomic E-state index is -3.57. The van der Waals surface area contributed by atoms with Crippen LogP contribution in [0.3, 0.4) is 0 Å². The molecule has 5 nitrogen and oxygen atoms in total. The van der Waals surface area contributed by atoms with Crippen molar-refractivity contribution in [1.82, 2.24) is 9.97 Å². The maximum atomic E-state index is 11.8. The fraction of sp³-hybridized carbons (Fsp3) is 0.500. The van der Waals surface area contributed by atoms with E-state index in [0.717, 1.165) is 6.33 Å². The van der Waals surface area contributed by atoms with Crippen LogP contribution < -0.4 is 4.72 Å². The molecule has 0 fully saturated rings. The number of hydrogen-bond donors (Lipinski definition) is 1. The van der Waals surface area contributed by atoms with E-state index in [0.29, 0.717) is 0 Å². The maximum Gasteiger partial charge on any atom is 0.238 e. The van der Waals surface area contributed by atoms with Gasteiger partial charge in [0.15, 0.2) is 11.0 Å². The third-order valence-electron chi connectivity index (χ3n) is 1.78. The Kier molecular flexibility index (Phi) is 3.66. The third-order valence-corrected chi connectivity index (χ3v) is 4.60. The predicted octanol–water partition coefficient (Wildman–Crippen LogP) is 2.32. The number of nitrogens with one attached hydrogen (secondary N) is 1. The summed E-state index contributed by atoms with van der Waals surface area (Å²) in [6, 6.07) is 0. The average molecular weight is 284 g/mol. The van der Waals surface area contributed by atoms with Crippen LogP contribution in [-0.4, -0.2) is 23.1 Å². The minimum absolute atomic E-state index is 0.00303. The highest BCUT2D eigenvalue weighted by Gasteiger charge is 2.30. The van der Waals surface area contributed by atoms with Gasteiger partial charge in [0.1, 0.15) is 11.3 Å². The van der Waals surface area contributed by atoms with Gasteiger partial charge in [-0.1, -0.05) is 23.2 Å². The molecule has 0 radical (unpaired) electrons. The summed E-state index contributed by atoms with van der Waals surface area (Å²) < 4.78 is 24.9. The van der Waals surface area contributed by atoms with E-state index in [9.17, 15) is 8.42 Å². The van der Waals surface area contributed by atoms with Gasteiger partial charge in [-0.3, -0.25) is 4.72 Å². The highest BCUT2D eigenvalue weighted by Crippen LogP contribution is 2.28. The number of rotatable bonds is 2. The Morgan fingerprint density at radius 1 is 1.25 bits per heavy atom. The van der Waals surface area contributed by atoms with E-state index in [1.807, 2.05) is 0 Å². The van der Waals surface area contributed by atoms with Crippen LogP contribution >= 0.6 is 23.2 Å². The molecule has 1 rings (SSSR count). The normalized spacial score (nSPS) is 12.6. The lowest BCUT2D eigenvalue weighted by Crippen LogP contribution is -2.34. The van der Waals surface area contributed by atoms with Crippen molar-refractivity contribution in [2.75, 3.05) is 4.72 Å². The van der Waals surface area contributed by atoms with E-state index in [1.54, 1.807) is 20.8 Å². The Labute approximate surface area is 104 Å². The molecule has 0 amide bonds. The molecule has 16 heavy (non-hydrogen) atoms. The first kappa shape index (κ1) is 13.5. The Hall–Kier alpha value is -0.590. The molecule has 1 heterocycles. The van der Waals surface area contributed by atoms with E-state index in [2.05, 4.69) is 14.7 Å². The van der Waals surface area contributed by atoms with E-state index in [-0.39, 0.29) is 16.0 Å². The van der Waals surface area contributed by atoms with Crippen LogP contribution in [-0.2, 0) is 10.0 Å². The molecule has 0 spiro atoms. The van der Waals surface area contributed by atoms with Crippen molar-refractivity contribution >= 4 is 39.0 Å². The predicted molar refractivity (Wildman–Crippen MR) is 64.3 cm³/mol. The number of halogens is 2. The Morgan fingerprint density at radius 3 is 2.31 bits per heavy atom. The summed E-state index contributed by atoms with van der Waals surface area (Å²) in [5.74, 6) is -0.0170. The Balaban J connectivity index is 3.12. The van der Waals surface area contributed by atoms with E-state index in [4.69, 9.17) is 23.2 Å². The van der Waals surface area contributed by atoms with Crippen molar-refractivity contribution in [3.63, 3.8) is 0 Å². The van der Waals surface area contributed by atoms with Gasteiger partial charge in [0.25, 0.3) is 0 Å². The number of hydrogen-bond acceptors (Lipinski definition) is 4. The van der Waals surface area contributed by atoms with Crippen LogP contribution in [0.5, 0.6) is 0 Å². The van der Waals surface area contributed by atoms with Crippen molar-refractivity contribution in [3.05, 3.63) is 16.5 Å². The molecule has 0 aliphatic rings. The van der Waals surface area contributed by atoms with Crippen LogP contribution in [0.15, 0.2) is 6.33 Å². The highest BCUT2D eigenvalue weighted by atomic mass is 35.5. The first-order valence-electron chi connectivity index (χ1n) is 4.33. The van der Waals surface area contributed by atoms with Crippen LogP contribution in [0.2, 0.25) is 10.2 Å². The van der Waals surface area contributed by atoms with Gasteiger partial charge in [-0.25, -0.2) is 18.4 Å². The van der Waals surface area contributed by atoms with Crippen molar-refractivity contribution in [2.24, 2.45) is 0 Å². The minimum Gasteiger partial charge on any atom is -0.266 e. The molecule has 0 unspecified atom stereocenters. The lowest BCUT2D eigenvalue weighted by atomic mass is 10.3. The SMILES string of the molecule is CC(C)(C)S(=O)(=O)Nc1ncnc(Cl)c1Cl. The molecule has 1 N–H and O–H groups in total.